The van der Waals surface area contributed by atoms with Crippen molar-refractivity contribution in [3.63, 3.8) is 0 Å². The number of rotatable bonds is 5. The van der Waals surface area contributed by atoms with Gasteiger partial charge in [-0.05, 0) is 38.4 Å². The molecule has 0 aliphatic heterocycles. The minimum absolute atomic E-state index is 0.0577. The van der Waals surface area contributed by atoms with E-state index in [0.717, 1.165) is 18.5 Å². The molecule has 2 aliphatic rings. The summed E-state index contributed by atoms with van der Waals surface area (Å²) in [6.07, 6.45) is 8.10. The minimum atomic E-state index is -0.0577. The number of hydrogen-bond acceptors (Lipinski definition) is 4. The summed E-state index contributed by atoms with van der Waals surface area (Å²) < 4.78 is 0. The molecule has 0 bridgehead atoms. The molecule has 0 radical (unpaired) electrons. The van der Waals surface area contributed by atoms with E-state index in [1.54, 1.807) is 11.3 Å². The molecule has 2 unspecified atom stereocenters. The van der Waals surface area contributed by atoms with E-state index in [1.165, 1.54) is 24.3 Å². The highest BCUT2D eigenvalue weighted by Gasteiger charge is 2.27. The molecule has 1 aromatic rings. The fourth-order valence-electron chi connectivity index (χ4n) is 2.61. The summed E-state index contributed by atoms with van der Waals surface area (Å²) in [5.74, 6) is 0.699. The number of thioether (sulfide) groups is 1. The summed E-state index contributed by atoms with van der Waals surface area (Å²) in [7, 11) is 0. The largest absolute Gasteiger partial charge is 0.335 e. The van der Waals surface area contributed by atoms with Gasteiger partial charge in [-0.25, -0.2) is 9.78 Å². The molecule has 2 saturated carbocycles. The predicted octanol–water partition coefficient (Wildman–Crippen LogP) is 3.10. The summed E-state index contributed by atoms with van der Waals surface area (Å²) in [6.45, 7) is 0.535. The van der Waals surface area contributed by atoms with E-state index in [2.05, 4.69) is 27.3 Å². The monoisotopic (exact) mass is 311 g/mol. The highest BCUT2D eigenvalue weighted by atomic mass is 32.2. The maximum Gasteiger partial charge on any atom is 0.315 e. The van der Waals surface area contributed by atoms with Crippen molar-refractivity contribution in [2.45, 2.75) is 55.9 Å². The molecule has 0 aromatic carbocycles. The highest BCUT2D eigenvalue weighted by molar-refractivity contribution is 7.99. The van der Waals surface area contributed by atoms with Gasteiger partial charge in [-0.15, -0.1) is 11.3 Å². The van der Waals surface area contributed by atoms with E-state index in [-0.39, 0.29) is 6.03 Å². The smallest absolute Gasteiger partial charge is 0.315 e. The summed E-state index contributed by atoms with van der Waals surface area (Å²) in [6, 6.07) is 0.280. The van der Waals surface area contributed by atoms with Crippen LogP contribution in [-0.2, 0) is 6.54 Å². The van der Waals surface area contributed by atoms with Crippen LogP contribution in [0.15, 0.2) is 5.38 Å². The number of nitrogens with zero attached hydrogens (tertiary/aromatic N) is 1. The molecule has 110 valence electrons. The lowest BCUT2D eigenvalue weighted by molar-refractivity contribution is 0.236. The van der Waals surface area contributed by atoms with Crippen molar-refractivity contribution >= 4 is 29.1 Å². The van der Waals surface area contributed by atoms with Gasteiger partial charge in [0.05, 0.1) is 17.2 Å². The summed E-state index contributed by atoms with van der Waals surface area (Å²) in [5, 5.41) is 9.99. The number of nitrogens with one attached hydrogen (secondary N) is 2. The Morgan fingerprint density at radius 1 is 1.45 bits per heavy atom. The third kappa shape index (κ3) is 3.67. The fourth-order valence-corrected chi connectivity index (χ4v) is 4.40. The number of hydrogen-bond donors (Lipinski definition) is 2. The van der Waals surface area contributed by atoms with E-state index < -0.39 is 0 Å². The van der Waals surface area contributed by atoms with Crippen molar-refractivity contribution in [1.82, 2.24) is 15.6 Å². The van der Waals surface area contributed by atoms with E-state index in [0.29, 0.717) is 23.8 Å². The normalized spacial score (nSPS) is 25.6. The Bertz CT molecular complexity index is 473. The molecule has 6 heteroatoms. The average Bonchev–Trinajstić information content (AvgIpc) is 3.02. The van der Waals surface area contributed by atoms with Gasteiger partial charge in [0.1, 0.15) is 0 Å². The second-order valence-corrected chi connectivity index (χ2v) is 7.67. The lowest BCUT2D eigenvalue weighted by Crippen LogP contribution is -2.40. The number of urea groups is 1. The Morgan fingerprint density at radius 3 is 3.00 bits per heavy atom. The van der Waals surface area contributed by atoms with Gasteiger partial charge in [-0.1, -0.05) is 0 Å². The Hall–Kier alpha value is -0.750. The molecule has 0 spiro atoms. The first kappa shape index (κ1) is 14.2. The first-order chi connectivity index (χ1) is 9.74. The standard InChI is InChI=1S/C14H21N3OS2/c1-19-12-5-4-10(6-12)17-14(18)15-7-11-8-20-13(16-11)9-2-3-9/h8-10,12H,2-7H2,1H3,(H2,15,17,18). The number of amides is 2. The van der Waals surface area contributed by atoms with Crippen LogP contribution in [0.3, 0.4) is 0 Å². The summed E-state index contributed by atoms with van der Waals surface area (Å²) in [4.78, 5) is 16.4. The van der Waals surface area contributed by atoms with Gasteiger partial charge in [0.15, 0.2) is 0 Å². The Balaban J connectivity index is 1.40. The SMILES string of the molecule is CSC1CCC(NC(=O)NCc2csc(C3CC3)n2)C1. The molecule has 2 atom stereocenters. The van der Waals surface area contributed by atoms with Crippen molar-refractivity contribution in [1.29, 1.82) is 0 Å². The maximum atomic E-state index is 11.9. The molecular formula is C14H21N3OS2. The van der Waals surface area contributed by atoms with E-state index >= 15 is 0 Å². The van der Waals surface area contributed by atoms with E-state index in [1.807, 2.05) is 11.8 Å². The summed E-state index contributed by atoms with van der Waals surface area (Å²) >= 11 is 3.63. The van der Waals surface area contributed by atoms with E-state index in [4.69, 9.17) is 0 Å². The van der Waals surface area contributed by atoms with Gasteiger partial charge < -0.3 is 10.6 Å². The number of carbonyl (C=O) groups is 1. The molecule has 0 saturated heterocycles. The first-order valence-corrected chi connectivity index (χ1v) is 9.43. The number of aromatic nitrogens is 1. The first-order valence-electron chi connectivity index (χ1n) is 7.26. The molecule has 2 aliphatic carbocycles. The minimum Gasteiger partial charge on any atom is -0.335 e. The van der Waals surface area contributed by atoms with Crippen LogP contribution in [0, 0.1) is 0 Å². The van der Waals surface area contributed by atoms with Crippen LogP contribution in [0.25, 0.3) is 0 Å². The average molecular weight is 311 g/mol. The second-order valence-electron chi connectivity index (χ2n) is 5.65. The molecular weight excluding hydrogens is 290 g/mol. The molecule has 4 nitrogen and oxygen atoms in total. The molecule has 3 rings (SSSR count). The Morgan fingerprint density at radius 2 is 2.30 bits per heavy atom. The van der Waals surface area contributed by atoms with Crippen molar-refractivity contribution in [2.75, 3.05) is 6.26 Å². The van der Waals surface area contributed by atoms with Crippen LogP contribution in [0.1, 0.15) is 48.7 Å². The lowest BCUT2D eigenvalue weighted by Gasteiger charge is -2.13. The van der Waals surface area contributed by atoms with Crippen LogP contribution in [-0.4, -0.2) is 28.6 Å². The lowest BCUT2D eigenvalue weighted by atomic mass is 10.2. The Labute approximate surface area is 128 Å². The van der Waals surface area contributed by atoms with Gasteiger partial charge in [0.25, 0.3) is 0 Å². The van der Waals surface area contributed by atoms with Gasteiger partial charge in [-0.3, -0.25) is 0 Å². The zero-order valence-electron chi connectivity index (χ0n) is 11.7. The number of carbonyl (C=O) groups excluding carboxylic acids is 1. The molecule has 2 N–H and O–H groups in total. The quantitative estimate of drug-likeness (QED) is 0.878. The maximum absolute atomic E-state index is 11.9. The number of thiazole rings is 1. The fraction of sp³-hybridized carbons (Fsp3) is 0.714. The summed E-state index contributed by atoms with van der Waals surface area (Å²) in [5.41, 5.74) is 0.987. The molecule has 2 fully saturated rings. The van der Waals surface area contributed by atoms with Crippen molar-refractivity contribution in [3.8, 4) is 0 Å². The third-order valence-electron chi connectivity index (χ3n) is 3.98. The van der Waals surface area contributed by atoms with Gasteiger partial charge >= 0.3 is 6.03 Å². The predicted molar refractivity (Wildman–Crippen MR) is 84.4 cm³/mol. The van der Waals surface area contributed by atoms with Crippen LogP contribution < -0.4 is 10.6 Å². The van der Waals surface area contributed by atoms with Crippen molar-refractivity contribution in [2.24, 2.45) is 0 Å². The molecule has 20 heavy (non-hydrogen) atoms. The molecule has 2 amide bonds. The third-order valence-corrected chi connectivity index (χ3v) is 6.13. The highest BCUT2D eigenvalue weighted by Crippen LogP contribution is 2.41. The van der Waals surface area contributed by atoms with Crippen LogP contribution in [0.2, 0.25) is 0 Å². The van der Waals surface area contributed by atoms with Gasteiger partial charge in [0, 0.05) is 22.6 Å². The second kappa shape index (κ2) is 6.35. The van der Waals surface area contributed by atoms with Gasteiger partial charge in [-0.2, -0.15) is 11.8 Å². The zero-order chi connectivity index (χ0) is 13.9. The van der Waals surface area contributed by atoms with Crippen LogP contribution in [0.4, 0.5) is 4.79 Å². The topological polar surface area (TPSA) is 54.0 Å². The van der Waals surface area contributed by atoms with Crippen molar-refractivity contribution in [3.05, 3.63) is 16.1 Å². The van der Waals surface area contributed by atoms with E-state index in [9.17, 15) is 4.79 Å². The molecule has 1 heterocycles. The zero-order valence-corrected chi connectivity index (χ0v) is 13.4. The molecule has 1 aromatic heterocycles. The van der Waals surface area contributed by atoms with Crippen LogP contribution in [0.5, 0.6) is 0 Å². The van der Waals surface area contributed by atoms with Crippen LogP contribution >= 0.6 is 23.1 Å². The van der Waals surface area contributed by atoms with Gasteiger partial charge in [0.2, 0.25) is 0 Å². The van der Waals surface area contributed by atoms with Crippen molar-refractivity contribution < 1.29 is 4.79 Å². The Kier molecular flexibility index (Phi) is 4.51.